The van der Waals surface area contributed by atoms with Gasteiger partial charge in [0.2, 0.25) is 0 Å². The van der Waals surface area contributed by atoms with Gasteiger partial charge >= 0.3 is 5.97 Å². The van der Waals surface area contributed by atoms with Crippen LogP contribution in [0.3, 0.4) is 0 Å². The molecule has 4 heteroatoms. The number of ketones is 1. The highest BCUT2D eigenvalue weighted by Gasteiger charge is 2.64. The molecule has 0 heterocycles. The molecule has 0 aromatic carbocycles. The van der Waals surface area contributed by atoms with Gasteiger partial charge in [0.1, 0.15) is 0 Å². The van der Waals surface area contributed by atoms with Gasteiger partial charge in [-0.15, -0.1) is 0 Å². The zero-order chi connectivity index (χ0) is 23.3. The van der Waals surface area contributed by atoms with E-state index in [1.54, 1.807) is 0 Å². The number of hydrogen-bond donors (Lipinski definition) is 1. The minimum atomic E-state index is -0.266. The van der Waals surface area contributed by atoms with Crippen LogP contribution in [0.2, 0.25) is 0 Å². The van der Waals surface area contributed by atoms with Crippen molar-refractivity contribution in [1.82, 2.24) is 0 Å². The molecule has 4 fully saturated rings. The Labute approximate surface area is 194 Å². The molecule has 0 aromatic heterocycles. The lowest BCUT2D eigenvalue weighted by Gasteiger charge is -2.61. The molecule has 4 aliphatic carbocycles. The molecule has 0 aliphatic heterocycles. The van der Waals surface area contributed by atoms with Crippen LogP contribution in [0, 0.1) is 46.3 Å². The van der Waals surface area contributed by atoms with Crippen molar-refractivity contribution in [2.24, 2.45) is 46.3 Å². The number of carbonyl (C=O) groups is 2. The number of aliphatic hydroxyl groups is 1. The van der Waals surface area contributed by atoms with Crippen molar-refractivity contribution >= 4 is 11.8 Å². The van der Waals surface area contributed by atoms with E-state index < -0.39 is 0 Å². The summed E-state index contributed by atoms with van der Waals surface area (Å²) < 4.78 is 5.16. The summed E-state index contributed by atoms with van der Waals surface area (Å²) in [6, 6.07) is 0. The van der Waals surface area contributed by atoms with E-state index in [0.717, 1.165) is 44.1 Å². The lowest BCUT2D eigenvalue weighted by Crippen LogP contribution is -2.58. The maximum atomic E-state index is 13.9. The average Bonchev–Trinajstić information content (AvgIpc) is 3.11. The van der Waals surface area contributed by atoms with Crippen LogP contribution in [-0.2, 0) is 14.3 Å². The number of rotatable bonds is 5. The van der Waals surface area contributed by atoms with Gasteiger partial charge in [0.25, 0.3) is 0 Å². The highest BCUT2D eigenvalue weighted by molar-refractivity contribution is 5.99. The van der Waals surface area contributed by atoms with Crippen LogP contribution in [0.25, 0.3) is 0 Å². The molecule has 1 N–H and O–H groups in total. The van der Waals surface area contributed by atoms with Crippen molar-refractivity contribution in [3.8, 4) is 0 Å². The maximum Gasteiger partial charge on any atom is 0.305 e. The second kappa shape index (κ2) is 8.89. The number of carbonyl (C=O) groups excluding carboxylic acids is 2. The summed E-state index contributed by atoms with van der Waals surface area (Å²) in [4.78, 5) is 25.9. The topological polar surface area (TPSA) is 63.6 Å². The van der Waals surface area contributed by atoms with Gasteiger partial charge in [-0.2, -0.15) is 0 Å². The number of allylic oxidation sites excluding steroid dienone is 2. The van der Waals surface area contributed by atoms with E-state index in [1.165, 1.54) is 12.8 Å². The fraction of sp³-hybridized carbons (Fsp3) is 0.857. The summed E-state index contributed by atoms with van der Waals surface area (Å²) >= 11 is 0. The summed E-state index contributed by atoms with van der Waals surface area (Å²) in [5.74, 6) is 2.61. The number of fused-ring (bicyclic) bond motifs is 5. The molecule has 0 radical (unpaired) electrons. The molecule has 5 unspecified atom stereocenters. The third kappa shape index (κ3) is 3.69. The van der Waals surface area contributed by atoms with Gasteiger partial charge in [0.05, 0.1) is 12.7 Å². The lowest BCUT2D eigenvalue weighted by atomic mass is 9.43. The lowest BCUT2D eigenvalue weighted by molar-refractivity contribution is -0.150. The summed E-state index contributed by atoms with van der Waals surface area (Å²) in [5.41, 5.74) is 1.32. The Kier molecular flexibility index (Phi) is 6.66. The second-order valence-electron chi connectivity index (χ2n) is 11.9. The van der Waals surface area contributed by atoms with Gasteiger partial charge in [-0.3, -0.25) is 9.59 Å². The molecule has 32 heavy (non-hydrogen) atoms. The van der Waals surface area contributed by atoms with Gasteiger partial charge in [-0.25, -0.2) is 0 Å². The van der Waals surface area contributed by atoms with Crippen LogP contribution in [-0.4, -0.2) is 29.6 Å². The molecule has 0 amide bonds. The molecule has 0 spiro atoms. The summed E-state index contributed by atoms with van der Waals surface area (Å²) in [6.45, 7) is 11.5. The van der Waals surface area contributed by atoms with Crippen molar-refractivity contribution in [2.75, 3.05) is 6.61 Å². The van der Waals surface area contributed by atoms with Crippen LogP contribution in [0.4, 0.5) is 0 Å². The van der Waals surface area contributed by atoms with Crippen LogP contribution in [0.1, 0.15) is 92.4 Å². The Morgan fingerprint density at radius 2 is 1.84 bits per heavy atom. The Morgan fingerprint density at radius 3 is 2.53 bits per heavy atom. The van der Waals surface area contributed by atoms with Gasteiger partial charge in [-0.1, -0.05) is 26.8 Å². The van der Waals surface area contributed by atoms with Crippen molar-refractivity contribution in [3.63, 3.8) is 0 Å². The monoisotopic (exact) mass is 444 g/mol. The average molecular weight is 445 g/mol. The Balaban J connectivity index is 1.57. The molecule has 9 atom stereocenters. The first-order chi connectivity index (χ1) is 15.2. The fourth-order valence-electron chi connectivity index (χ4n) is 8.94. The van der Waals surface area contributed by atoms with E-state index in [-0.39, 0.29) is 34.7 Å². The molecule has 4 saturated carbocycles. The largest absolute Gasteiger partial charge is 0.466 e. The van der Waals surface area contributed by atoms with E-state index in [1.807, 2.05) is 13.8 Å². The van der Waals surface area contributed by atoms with Crippen molar-refractivity contribution in [2.45, 2.75) is 98.5 Å². The first-order valence-electron chi connectivity index (χ1n) is 13.2. The third-order valence-corrected chi connectivity index (χ3v) is 10.6. The molecule has 4 rings (SSSR count). The van der Waals surface area contributed by atoms with Crippen molar-refractivity contribution in [1.29, 1.82) is 0 Å². The Hall–Kier alpha value is -1.16. The smallest absolute Gasteiger partial charge is 0.305 e. The third-order valence-electron chi connectivity index (χ3n) is 10.6. The Morgan fingerprint density at radius 1 is 1.16 bits per heavy atom. The SMILES string of the molecule is C/C=C1\C(=O)C2C(CC[C@@]3(C)C2CCC3[C@H](C)CCC(=O)OCC)[C@@]2(C)CC[C@@H](O)CC12. The number of Topliss-reactive ketones (excluding diaryl/α,β-unsaturated/α-hetero) is 1. The normalized spacial score (nSPS) is 45.7. The predicted octanol–water partition coefficient (Wildman–Crippen LogP) is 5.72. The quantitative estimate of drug-likeness (QED) is 0.435. The standard InChI is InChI=1S/C28H44O4/c1-6-19-23-16-18(29)12-14-28(23,5)22-13-15-27(4)20(9-10-21(27)25(22)26(19)31)17(3)8-11-24(30)32-7-2/h6,17-18,20-23,25,29H,7-16H2,1-5H3/b19-6-/t17-,18-,20?,21?,22?,23?,25?,27-,28-/m1/s1. The highest BCUT2D eigenvalue weighted by Crippen LogP contribution is 2.68. The maximum absolute atomic E-state index is 13.9. The number of ether oxygens (including phenoxy) is 1. The molecule has 0 saturated heterocycles. The number of hydrogen-bond acceptors (Lipinski definition) is 4. The highest BCUT2D eigenvalue weighted by atomic mass is 16.5. The summed E-state index contributed by atoms with van der Waals surface area (Å²) in [6.07, 6.45) is 10.5. The summed E-state index contributed by atoms with van der Waals surface area (Å²) in [7, 11) is 0. The van der Waals surface area contributed by atoms with Gasteiger partial charge in [-0.05, 0) is 111 Å². The molecular formula is C28H44O4. The fourth-order valence-corrected chi connectivity index (χ4v) is 8.94. The van der Waals surface area contributed by atoms with Crippen LogP contribution in [0.15, 0.2) is 11.6 Å². The first-order valence-corrected chi connectivity index (χ1v) is 13.2. The molecule has 4 nitrogen and oxygen atoms in total. The van der Waals surface area contributed by atoms with E-state index in [2.05, 4.69) is 26.8 Å². The summed E-state index contributed by atoms with van der Waals surface area (Å²) in [5, 5.41) is 10.4. The zero-order valence-electron chi connectivity index (χ0n) is 20.9. The van der Waals surface area contributed by atoms with E-state index in [4.69, 9.17) is 4.74 Å². The van der Waals surface area contributed by atoms with Crippen molar-refractivity contribution < 1.29 is 19.4 Å². The molecule has 4 aliphatic rings. The van der Waals surface area contributed by atoms with Gasteiger partial charge in [0, 0.05) is 12.3 Å². The molecular weight excluding hydrogens is 400 g/mol. The molecule has 180 valence electrons. The minimum Gasteiger partial charge on any atom is -0.466 e. The van der Waals surface area contributed by atoms with Gasteiger partial charge in [0.15, 0.2) is 5.78 Å². The van der Waals surface area contributed by atoms with Crippen LogP contribution in [0.5, 0.6) is 0 Å². The van der Waals surface area contributed by atoms with Crippen LogP contribution < -0.4 is 0 Å². The number of esters is 1. The van der Waals surface area contributed by atoms with E-state index >= 15 is 0 Å². The van der Waals surface area contributed by atoms with Gasteiger partial charge < -0.3 is 9.84 Å². The molecule has 0 bridgehead atoms. The second-order valence-corrected chi connectivity index (χ2v) is 11.9. The Bertz CT molecular complexity index is 771. The van der Waals surface area contributed by atoms with Crippen LogP contribution >= 0.6 is 0 Å². The predicted molar refractivity (Wildman–Crippen MR) is 126 cm³/mol. The molecule has 0 aromatic rings. The van der Waals surface area contributed by atoms with E-state index in [0.29, 0.717) is 42.5 Å². The van der Waals surface area contributed by atoms with E-state index in [9.17, 15) is 14.7 Å². The zero-order valence-corrected chi connectivity index (χ0v) is 20.9. The number of aliphatic hydroxyl groups excluding tert-OH is 1. The van der Waals surface area contributed by atoms with Crippen molar-refractivity contribution in [3.05, 3.63) is 11.6 Å². The first kappa shape index (κ1) is 24.0. The minimum absolute atomic E-state index is 0.0820.